The number of carbonyl (C=O) groups is 7. The number of amides is 5. The number of carbonyl (C=O) groups excluding carboxylic acids is 7. The molecule has 1 aromatic rings. The van der Waals surface area contributed by atoms with Gasteiger partial charge < -0.3 is 36.1 Å². The minimum atomic E-state index is -1.26. The molecule has 14 heteroatoms. The molecule has 0 bridgehead atoms. The number of benzene rings is 1. The fraction of sp³-hybridized carbons (Fsp3) is 0.605. The normalized spacial score (nSPS) is 15.5. The number of rotatable bonds is 19. The maximum atomic E-state index is 13.6. The molecule has 1 aliphatic carbocycles. The van der Waals surface area contributed by atoms with Gasteiger partial charge in [-0.1, -0.05) is 82.9 Å². The van der Waals surface area contributed by atoms with Crippen LogP contribution in [0.1, 0.15) is 105 Å². The molecule has 4 atom stereocenters. The van der Waals surface area contributed by atoms with Crippen LogP contribution < -0.4 is 26.6 Å². The van der Waals surface area contributed by atoms with Gasteiger partial charge in [-0.2, -0.15) is 0 Å². The van der Waals surface area contributed by atoms with Crippen molar-refractivity contribution in [1.29, 1.82) is 0 Å². The maximum absolute atomic E-state index is 13.6. The van der Waals surface area contributed by atoms with Crippen LogP contribution in [-0.4, -0.2) is 78.4 Å². The number of nitrogens with one attached hydrogen (secondary N) is 5. The van der Waals surface area contributed by atoms with Gasteiger partial charge in [0.15, 0.2) is 6.04 Å². The minimum absolute atomic E-state index is 0.00634. The van der Waals surface area contributed by atoms with Crippen molar-refractivity contribution in [2.24, 2.45) is 11.8 Å². The highest BCUT2D eigenvalue weighted by atomic mass is 16.6. The van der Waals surface area contributed by atoms with Crippen LogP contribution in [0.15, 0.2) is 43.0 Å². The molecule has 52 heavy (non-hydrogen) atoms. The van der Waals surface area contributed by atoms with E-state index in [1.54, 1.807) is 58.0 Å². The molecule has 1 saturated carbocycles. The number of hydrogen-bond donors (Lipinski definition) is 5. The highest BCUT2D eigenvalue weighted by molar-refractivity contribution is 6.38. The Hall–Kier alpha value is -4.75. The van der Waals surface area contributed by atoms with Gasteiger partial charge in [0, 0.05) is 0 Å². The zero-order chi connectivity index (χ0) is 38.8. The summed E-state index contributed by atoms with van der Waals surface area (Å²) >= 11 is 0. The SMILES string of the molecule is C=CC[C@H](NC(=O)[C@@H](NC(=O)OCC(C)C)C1CCCCC1)C(=O)NC(CCC)C(=O)C(=O)NCC(=O)N[C@H](C(=O)OC(C)(C)C)c1ccccc1. The van der Waals surface area contributed by atoms with Crippen molar-refractivity contribution < 1.29 is 43.0 Å². The Bertz CT molecular complexity index is 1390. The number of ketones is 1. The number of alkyl carbamates (subject to hydrolysis) is 1. The first kappa shape index (κ1) is 43.4. The molecule has 5 N–H and O–H groups in total. The third-order valence-corrected chi connectivity index (χ3v) is 8.18. The van der Waals surface area contributed by atoms with Crippen LogP contribution in [0.3, 0.4) is 0 Å². The van der Waals surface area contributed by atoms with Gasteiger partial charge in [-0.05, 0) is 63.9 Å². The van der Waals surface area contributed by atoms with E-state index >= 15 is 0 Å². The van der Waals surface area contributed by atoms with E-state index in [1.165, 1.54) is 6.08 Å². The molecule has 5 amide bonds. The lowest BCUT2D eigenvalue weighted by molar-refractivity contribution is -0.158. The monoisotopic (exact) mass is 727 g/mol. The number of ether oxygens (including phenoxy) is 2. The smallest absolute Gasteiger partial charge is 0.407 e. The predicted octanol–water partition coefficient (Wildman–Crippen LogP) is 3.55. The molecule has 0 aliphatic heterocycles. The second-order valence-electron chi connectivity index (χ2n) is 14.4. The second-order valence-corrected chi connectivity index (χ2v) is 14.4. The van der Waals surface area contributed by atoms with E-state index < -0.39 is 77.8 Å². The molecule has 0 radical (unpaired) electrons. The average molecular weight is 728 g/mol. The Kier molecular flexibility index (Phi) is 18.0. The molecule has 1 fully saturated rings. The summed E-state index contributed by atoms with van der Waals surface area (Å²) < 4.78 is 10.7. The van der Waals surface area contributed by atoms with Crippen LogP contribution in [0.2, 0.25) is 0 Å². The first-order valence-corrected chi connectivity index (χ1v) is 18.1. The lowest BCUT2D eigenvalue weighted by Gasteiger charge is -2.31. The Morgan fingerprint density at radius 2 is 1.52 bits per heavy atom. The first-order valence-electron chi connectivity index (χ1n) is 18.1. The molecule has 1 unspecified atom stereocenters. The number of hydrogen-bond acceptors (Lipinski definition) is 9. The first-order chi connectivity index (χ1) is 24.6. The standard InChI is InChI=1S/C38H57N5O9/c1-8-16-27(32(45)35(48)39-22-29(44)42-31(26-20-14-11-15-21-26)36(49)52-38(5,6)7)40-33(46)28(17-9-2)41-34(47)30(25-18-12-10-13-19-25)43-37(50)51-23-24(3)4/h9,11,14-15,20-21,24-25,27-28,30-31H,2,8,10,12-13,16-19,22-23H2,1,3-7H3,(H,39,48)(H,40,46)(H,41,47)(H,42,44)(H,43,50)/t27?,28-,30-,31-/m0/s1. The summed E-state index contributed by atoms with van der Waals surface area (Å²) in [4.78, 5) is 91.6. The van der Waals surface area contributed by atoms with E-state index in [9.17, 15) is 33.6 Å². The summed E-state index contributed by atoms with van der Waals surface area (Å²) in [5.41, 5.74) is -0.358. The van der Waals surface area contributed by atoms with Crippen molar-refractivity contribution in [1.82, 2.24) is 26.6 Å². The molecule has 0 saturated heterocycles. The van der Waals surface area contributed by atoms with Gasteiger partial charge in [-0.25, -0.2) is 9.59 Å². The van der Waals surface area contributed by atoms with Crippen molar-refractivity contribution in [2.45, 2.75) is 123 Å². The number of Topliss-reactive ketones (excluding diaryl/α,β-unsaturated/α-hetero) is 1. The number of esters is 1. The third-order valence-electron chi connectivity index (χ3n) is 8.18. The highest BCUT2D eigenvalue weighted by Crippen LogP contribution is 2.27. The summed E-state index contributed by atoms with van der Waals surface area (Å²) in [6.07, 6.45) is 5.49. The maximum Gasteiger partial charge on any atom is 0.407 e. The summed E-state index contributed by atoms with van der Waals surface area (Å²) in [5, 5.41) is 12.8. The summed E-state index contributed by atoms with van der Waals surface area (Å²) in [5.74, 6) is -4.91. The lowest BCUT2D eigenvalue weighted by atomic mass is 9.83. The fourth-order valence-corrected chi connectivity index (χ4v) is 5.67. The molecule has 0 aromatic heterocycles. The van der Waals surface area contributed by atoms with Crippen LogP contribution in [0.5, 0.6) is 0 Å². The molecule has 14 nitrogen and oxygen atoms in total. The van der Waals surface area contributed by atoms with Gasteiger partial charge in [0.05, 0.1) is 19.2 Å². The predicted molar refractivity (Wildman–Crippen MR) is 194 cm³/mol. The zero-order valence-electron chi connectivity index (χ0n) is 31.4. The van der Waals surface area contributed by atoms with Crippen LogP contribution >= 0.6 is 0 Å². The molecular weight excluding hydrogens is 670 g/mol. The van der Waals surface area contributed by atoms with E-state index in [-0.39, 0.29) is 31.3 Å². The van der Waals surface area contributed by atoms with Crippen LogP contribution in [0, 0.1) is 11.8 Å². The summed E-state index contributed by atoms with van der Waals surface area (Å²) in [6, 6.07) is 3.91. The van der Waals surface area contributed by atoms with Crippen molar-refractivity contribution in [3.63, 3.8) is 0 Å². The molecule has 0 spiro atoms. The van der Waals surface area contributed by atoms with Crippen molar-refractivity contribution in [3.05, 3.63) is 48.6 Å². The largest absolute Gasteiger partial charge is 0.458 e. The summed E-state index contributed by atoms with van der Waals surface area (Å²) in [6.45, 7) is 13.9. The Labute approximate surface area is 307 Å². The molecule has 1 aliphatic rings. The Morgan fingerprint density at radius 3 is 2.10 bits per heavy atom. The van der Waals surface area contributed by atoms with Gasteiger partial charge in [0.2, 0.25) is 23.5 Å². The highest BCUT2D eigenvalue weighted by Gasteiger charge is 2.35. The summed E-state index contributed by atoms with van der Waals surface area (Å²) in [7, 11) is 0. The van der Waals surface area contributed by atoms with Gasteiger partial charge in [-0.15, -0.1) is 6.58 Å². The van der Waals surface area contributed by atoms with E-state index in [2.05, 4.69) is 33.2 Å². The van der Waals surface area contributed by atoms with Crippen molar-refractivity contribution in [3.8, 4) is 0 Å². The van der Waals surface area contributed by atoms with Crippen LogP contribution in [0.25, 0.3) is 0 Å². The van der Waals surface area contributed by atoms with Gasteiger partial charge in [0.25, 0.3) is 5.91 Å². The third kappa shape index (κ3) is 15.2. The lowest BCUT2D eigenvalue weighted by Crippen LogP contribution is -2.58. The molecule has 1 aromatic carbocycles. The Balaban J connectivity index is 2.10. The van der Waals surface area contributed by atoms with E-state index in [4.69, 9.17) is 9.47 Å². The topological polar surface area (TPSA) is 198 Å². The van der Waals surface area contributed by atoms with Gasteiger partial charge >= 0.3 is 12.1 Å². The quantitative estimate of drug-likeness (QED) is 0.0804. The zero-order valence-corrected chi connectivity index (χ0v) is 31.4. The van der Waals surface area contributed by atoms with Crippen molar-refractivity contribution >= 4 is 41.5 Å². The molecular formula is C38H57N5O9. The van der Waals surface area contributed by atoms with Crippen molar-refractivity contribution in [2.75, 3.05) is 13.2 Å². The van der Waals surface area contributed by atoms with E-state index in [0.29, 0.717) is 12.0 Å². The van der Waals surface area contributed by atoms with Gasteiger partial charge in [0.1, 0.15) is 17.7 Å². The second kappa shape index (κ2) is 21.6. The minimum Gasteiger partial charge on any atom is -0.458 e. The molecule has 288 valence electrons. The molecule has 2 rings (SSSR count). The van der Waals surface area contributed by atoms with Crippen LogP contribution in [0.4, 0.5) is 4.79 Å². The fourth-order valence-electron chi connectivity index (χ4n) is 5.67. The average Bonchev–Trinajstić information content (AvgIpc) is 3.10. The van der Waals surface area contributed by atoms with Gasteiger partial charge in [-0.3, -0.25) is 24.0 Å². The Morgan fingerprint density at radius 1 is 0.885 bits per heavy atom. The van der Waals surface area contributed by atoms with Crippen LogP contribution in [-0.2, 0) is 38.2 Å². The van der Waals surface area contributed by atoms with E-state index in [0.717, 1.165) is 32.1 Å². The molecule has 0 heterocycles. The van der Waals surface area contributed by atoms with E-state index in [1.807, 2.05) is 13.8 Å².